The van der Waals surface area contributed by atoms with E-state index in [-0.39, 0.29) is 0 Å². The van der Waals surface area contributed by atoms with Gasteiger partial charge in [0.2, 0.25) is 0 Å². The fourth-order valence-corrected chi connectivity index (χ4v) is 1.45. The van der Waals surface area contributed by atoms with Crippen molar-refractivity contribution in [2.75, 3.05) is 0 Å². The second-order valence-electron chi connectivity index (χ2n) is 3.61. The highest BCUT2D eigenvalue weighted by Gasteiger charge is 2.02. The zero-order valence-corrected chi connectivity index (χ0v) is 12.1. The fourth-order valence-electron chi connectivity index (χ4n) is 1.45. The van der Waals surface area contributed by atoms with Crippen molar-refractivity contribution in [3.05, 3.63) is 12.7 Å². The topological polar surface area (TPSA) is 0 Å². The van der Waals surface area contributed by atoms with E-state index in [4.69, 9.17) is 0 Å². The summed E-state index contributed by atoms with van der Waals surface area (Å²) in [6.45, 7) is 16.1. The molecule has 1 atom stereocenters. The molecular weight excluding hydrogens is 180 g/mol. The average molecular weight is 214 g/mol. The van der Waals surface area contributed by atoms with Crippen molar-refractivity contribution in [3.8, 4) is 0 Å². The first kappa shape index (κ1) is 20.2. The normalized spacial score (nSPS) is 10.3. The minimum Gasteiger partial charge on any atom is -0.103 e. The average Bonchev–Trinajstić information content (AvgIpc) is 2.28. The zero-order valence-electron chi connectivity index (χ0n) is 12.1. The van der Waals surface area contributed by atoms with Crippen LogP contribution < -0.4 is 0 Å². The molecule has 0 radical (unpaired) electrons. The summed E-state index contributed by atoms with van der Waals surface area (Å²) in [6, 6.07) is 0. The minimum atomic E-state index is 1.02. The summed E-state index contributed by atoms with van der Waals surface area (Å²) in [5.41, 5.74) is 0. The molecule has 0 heteroatoms. The van der Waals surface area contributed by atoms with Crippen molar-refractivity contribution in [2.24, 2.45) is 5.92 Å². The smallest absolute Gasteiger partial charge is 0.0417 e. The number of hydrogen-bond donors (Lipinski definition) is 0. The Labute approximate surface area is 99.2 Å². The maximum absolute atomic E-state index is 3.36. The Kier molecular flexibility index (Phi) is 31.6. The molecule has 0 aromatic rings. The summed E-state index contributed by atoms with van der Waals surface area (Å²) in [5.74, 6) is 1.02. The molecule has 0 aromatic carbocycles. The molecule has 0 aliphatic rings. The lowest BCUT2D eigenvalue weighted by molar-refractivity contribution is 0.417. The molecule has 15 heavy (non-hydrogen) atoms. The van der Waals surface area contributed by atoms with Gasteiger partial charge >= 0.3 is 0 Å². The maximum atomic E-state index is 3.36. The highest BCUT2D eigenvalue weighted by molar-refractivity contribution is 4.55. The van der Waals surface area contributed by atoms with Crippen LogP contribution in [0.5, 0.6) is 0 Å². The molecule has 0 amide bonds. The molecule has 0 fully saturated rings. The molecule has 0 aliphatic carbocycles. The van der Waals surface area contributed by atoms with Crippen LogP contribution in [0.4, 0.5) is 0 Å². The molecule has 0 N–H and O–H groups in total. The van der Waals surface area contributed by atoms with Crippen molar-refractivity contribution in [1.29, 1.82) is 0 Å². The molecular formula is C15H34. The van der Waals surface area contributed by atoms with Crippen LogP contribution in [-0.4, -0.2) is 0 Å². The fraction of sp³-hybridized carbons (Fsp3) is 0.867. The van der Waals surface area contributed by atoms with Crippen LogP contribution in [0.15, 0.2) is 12.7 Å². The van der Waals surface area contributed by atoms with Crippen molar-refractivity contribution in [3.63, 3.8) is 0 Å². The van der Waals surface area contributed by atoms with Gasteiger partial charge in [-0.25, -0.2) is 0 Å². The van der Waals surface area contributed by atoms with E-state index in [9.17, 15) is 0 Å². The van der Waals surface area contributed by atoms with Gasteiger partial charge in [-0.05, 0) is 12.8 Å². The Morgan fingerprint density at radius 2 is 1.47 bits per heavy atom. The maximum Gasteiger partial charge on any atom is -0.0417 e. The number of rotatable bonds is 6. The lowest BCUT2D eigenvalue weighted by Gasteiger charge is -2.11. The summed E-state index contributed by atoms with van der Waals surface area (Å²) >= 11 is 0. The predicted octanol–water partition coefficient (Wildman–Crippen LogP) is 6.22. The second-order valence-corrected chi connectivity index (χ2v) is 3.61. The molecule has 0 saturated heterocycles. The molecule has 0 nitrogen and oxygen atoms in total. The molecule has 0 saturated carbocycles. The van der Waals surface area contributed by atoms with Crippen molar-refractivity contribution < 1.29 is 0 Å². The molecule has 0 bridgehead atoms. The third-order valence-electron chi connectivity index (χ3n) is 2.24. The van der Waals surface area contributed by atoms with Crippen LogP contribution in [0.25, 0.3) is 0 Å². The standard InChI is InChI=1S/C10H22.C3H6.C2H6/c1-4-7-9-10(6-3)8-5-2;1-3-2;1-2/h10H,4-9H2,1-3H3;3H,1H2,2H3;1-2H3. The summed E-state index contributed by atoms with van der Waals surface area (Å²) in [4.78, 5) is 0. The Bertz CT molecular complexity index is 84.0. The number of allylic oxidation sites excluding steroid dienone is 1. The van der Waals surface area contributed by atoms with Crippen LogP contribution >= 0.6 is 0 Å². The van der Waals surface area contributed by atoms with E-state index in [0.29, 0.717) is 0 Å². The van der Waals surface area contributed by atoms with E-state index < -0.39 is 0 Å². The molecule has 0 aliphatic heterocycles. The zero-order chi connectivity index (χ0) is 12.5. The number of hydrogen-bond acceptors (Lipinski definition) is 0. The highest BCUT2D eigenvalue weighted by atomic mass is 14.1. The van der Waals surface area contributed by atoms with E-state index in [2.05, 4.69) is 27.4 Å². The first-order valence-electron chi connectivity index (χ1n) is 6.83. The van der Waals surface area contributed by atoms with Gasteiger partial charge in [0.05, 0.1) is 0 Å². The third-order valence-corrected chi connectivity index (χ3v) is 2.24. The van der Waals surface area contributed by atoms with E-state index in [1.807, 2.05) is 20.8 Å². The van der Waals surface area contributed by atoms with E-state index in [1.54, 1.807) is 6.08 Å². The molecule has 0 heterocycles. The van der Waals surface area contributed by atoms with Crippen LogP contribution in [0.1, 0.15) is 80.1 Å². The minimum absolute atomic E-state index is 1.02. The van der Waals surface area contributed by atoms with E-state index in [0.717, 1.165) is 5.92 Å². The molecule has 1 unspecified atom stereocenters. The summed E-state index contributed by atoms with van der Waals surface area (Å²) in [5, 5.41) is 0. The molecule has 94 valence electrons. The summed E-state index contributed by atoms with van der Waals surface area (Å²) in [6.07, 6.45) is 10.2. The van der Waals surface area contributed by atoms with Gasteiger partial charge in [0.25, 0.3) is 0 Å². The van der Waals surface area contributed by atoms with Crippen molar-refractivity contribution >= 4 is 0 Å². The second kappa shape index (κ2) is 23.5. The predicted molar refractivity (Wildman–Crippen MR) is 75.4 cm³/mol. The largest absolute Gasteiger partial charge is 0.103 e. The van der Waals surface area contributed by atoms with Gasteiger partial charge in [-0.1, -0.05) is 79.2 Å². The van der Waals surface area contributed by atoms with Gasteiger partial charge in [-0.3, -0.25) is 0 Å². The Hall–Kier alpha value is -0.260. The Balaban J connectivity index is -0.000000245. The van der Waals surface area contributed by atoms with Gasteiger partial charge < -0.3 is 0 Å². The van der Waals surface area contributed by atoms with Crippen LogP contribution in [-0.2, 0) is 0 Å². The van der Waals surface area contributed by atoms with Crippen LogP contribution in [0.3, 0.4) is 0 Å². The van der Waals surface area contributed by atoms with Crippen LogP contribution in [0.2, 0.25) is 0 Å². The highest BCUT2D eigenvalue weighted by Crippen LogP contribution is 2.17. The van der Waals surface area contributed by atoms with Crippen molar-refractivity contribution in [1.82, 2.24) is 0 Å². The van der Waals surface area contributed by atoms with E-state index in [1.165, 1.54) is 38.5 Å². The van der Waals surface area contributed by atoms with E-state index >= 15 is 0 Å². The first-order chi connectivity index (χ1) is 7.26. The summed E-state index contributed by atoms with van der Waals surface area (Å²) in [7, 11) is 0. The number of unbranched alkanes of at least 4 members (excludes halogenated alkanes) is 1. The van der Waals surface area contributed by atoms with Gasteiger partial charge in [0.1, 0.15) is 0 Å². The van der Waals surface area contributed by atoms with Gasteiger partial charge in [0, 0.05) is 0 Å². The molecule has 0 aromatic heterocycles. The first-order valence-corrected chi connectivity index (χ1v) is 6.83. The SMILES string of the molecule is C=CC.CC.CCCCC(CC)CCC. The Morgan fingerprint density at radius 1 is 1.00 bits per heavy atom. The quantitative estimate of drug-likeness (QED) is 0.460. The van der Waals surface area contributed by atoms with Gasteiger partial charge in [-0.2, -0.15) is 0 Å². The monoisotopic (exact) mass is 214 g/mol. The van der Waals surface area contributed by atoms with Crippen molar-refractivity contribution in [2.45, 2.75) is 80.1 Å². The molecule has 0 spiro atoms. The lowest BCUT2D eigenvalue weighted by Crippen LogP contribution is -1.97. The van der Waals surface area contributed by atoms with Gasteiger partial charge in [0.15, 0.2) is 0 Å². The Morgan fingerprint density at radius 3 is 1.73 bits per heavy atom. The summed E-state index contributed by atoms with van der Waals surface area (Å²) < 4.78 is 0. The molecule has 0 rings (SSSR count). The van der Waals surface area contributed by atoms with Crippen LogP contribution in [0, 0.1) is 5.92 Å². The third kappa shape index (κ3) is 24.8. The lowest BCUT2D eigenvalue weighted by atomic mass is 9.95. The van der Waals surface area contributed by atoms with Gasteiger partial charge in [-0.15, -0.1) is 6.58 Å².